The Labute approximate surface area is 130 Å². The first kappa shape index (κ1) is 15.1. The van der Waals surface area contributed by atoms with Crippen molar-refractivity contribution in [1.82, 2.24) is 5.43 Å². The van der Waals surface area contributed by atoms with Gasteiger partial charge in [-0.2, -0.15) is 5.10 Å². The predicted molar refractivity (Wildman–Crippen MR) is 86.6 cm³/mol. The Morgan fingerprint density at radius 3 is 2.33 bits per heavy atom. The number of carbonyl (C=O) groups is 1. The van der Waals surface area contributed by atoms with E-state index < -0.39 is 6.03 Å². The van der Waals surface area contributed by atoms with Gasteiger partial charge in [-0.3, -0.25) is 0 Å². The summed E-state index contributed by atoms with van der Waals surface area (Å²) in [4.78, 5) is 11.7. The summed E-state index contributed by atoms with van der Waals surface area (Å²) in [5.41, 5.74) is 4.55. The maximum atomic E-state index is 11.7. The third-order valence-electron chi connectivity index (χ3n) is 2.71. The van der Waals surface area contributed by atoms with Crippen LogP contribution >= 0.6 is 15.9 Å². The fourth-order valence-corrected chi connectivity index (χ4v) is 1.86. The van der Waals surface area contributed by atoms with Gasteiger partial charge in [0.15, 0.2) is 0 Å². The average molecular weight is 348 g/mol. The monoisotopic (exact) mass is 347 g/mol. The topological polar surface area (TPSA) is 73.7 Å². The molecule has 3 N–H and O–H groups in total. The minimum atomic E-state index is -0.421. The number of halogens is 1. The summed E-state index contributed by atoms with van der Waals surface area (Å²) in [6.07, 6.45) is 0. The van der Waals surface area contributed by atoms with Crippen LogP contribution in [0, 0.1) is 0 Å². The number of hydrogen-bond donors (Lipinski definition) is 3. The highest BCUT2D eigenvalue weighted by molar-refractivity contribution is 9.10. The maximum Gasteiger partial charge on any atom is 0.339 e. The third-order valence-corrected chi connectivity index (χ3v) is 3.24. The molecule has 5 nitrogen and oxygen atoms in total. The molecule has 108 valence electrons. The van der Waals surface area contributed by atoms with E-state index in [-0.39, 0.29) is 5.75 Å². The molecule has 2 aromatic carbocycles. The number of carbonyl (C=O) groups excluding carboxylic acids is 1. The van der Waals surface area contributed by atoms with Crippen molar-refractivity contribution in [2.24, 2.45) is 5.10 Å². The molecular weight excluding hydrogens is 334 g/mol. The number of phenolic OH excluding ortho intramolecular Hbond substituents is 1. The van der Waals surface area contributed by atoms with Gasteiger partial charge in [0, 0.05) is 10.2 Å². The highest BCUT2D eigenvalue weighted by atomic mass is 79.9. The van der Waals surface area contributed by atoms with Crippen molar-refractivity contribution in [2.45, 2.75) is 6.92 Å². The van der Waals surface area contributed by atoms with Crippen molar-refractivity contribution in [3.05, 3.63) is 58.6 Å². The Kier molecular flexibility index (Phi) is 4.94. The molecule has 6 heteroatoms. The van der Waals surface area contributed by atoms with E-state index in [4.69, 9.17) is 0 Å². The number of benzene rings is 2. The second kappa shape index (κ2) is 6.90. The fourth-order valence-electron chi connectivity index (χ4n) is 1.59. The zero-order valence-electron chi connectivity index (χ0n) is 11.3. The summed E-state index contributed by atoms with van der Waals surface area (Å²) in [5.74, 6) is 0.187. The SMILES string of the molecule is C/C(=N\NC(=O)Nc1ccc(Br)cc1)c1ccc(O)cc1. The average Bonchev–Trinajstić information content (AvgIpc) is 2.48. The van der Waals surface area contributed by atoms with Gasteiger partial charge in [-0.05, 0) is 61.0 Å². The van der Waals surface area contributed by atoms with Gasteiger partial charge in [0.25, 0.3) is 0 Å². The van der Waals surface area contributed by atoms with Crippen LogP contribution in [0.3, 0.4) is 0 Å². The summed E-state index contributed by atoms with van der Waals surface area (Å²) in [6.45, 7) is 1.77. The number of amides is 2. The van der Waals surface area contributed by atoms with Crippen LogP contribution in [0.4, 0.5) is 10.5 Å². The molecule has 0 unspecified atom stereocenters. The van der Waals surface area contributed by atoms with Crippen molar-refractivity contribution >= 4 is 33.4 Å². The minimum absolute atomic E-state index is 0.187. The van der Waals surface area contributed by atoms with Crippen LogP contribution in [0.5, 0.6) is 5.75 Å². The van der Waals surface area contributed by atoms with E-state index in [2.05, 4.69) is 31.8 Å². The van der Waals surface area contributed by atoms with Gasteiger partial charge in [-0.1, -0.05) is 15.9 Å². The number of phenols is 1. The number of rotatable bonds is 3. The van der Waals surface area contributed by atoms with Gasteiger partial charge in [-0.15, -0.1) is 0 Å². The molecule has 0 spiro atoms. The Hall–Kier alpha value is -2.34. The highest BCUT2D eigenvalue weighted by Gasteiger charge is 2.02. The molecule has 0 fully saturated rings. The quantitative estimate of drug-likeness (QED) is 0.585. The van der Waals surface area contributed by atoms with Crippen LogP contribution in [-0.4, -0.2) is 16.8 Å². The van der Waals surface area contributed by atoms with Gasteiger partial charge < -0.3 is 10.4 Å². The van der Waals surface area contributed by atoms with Crippen molar-refractivity contribution < 1.29 is 9.90 Å². The molecule has 0 bridgehead atoms. The second-order valence-electron chi connectivity index (χ2n) is 4.32. The molecule has 0 aliphatic rings. The van der Waals surface area contributed by atoms with Crippen molar-refractivity contribution in [2.75, 3.05) is 5.32 Å². The number of nitrogens with zero attached hydrogens (tertiary/aromatic N) is 1. The second-order valence-corrected chi connectivity index (χ2v) is 5.23. The molecule has 0 aromatic heterocycles. The first-order chi connectivity index (χ1) is 10.0. The molecule has 0 atom stereocenters. The largest absolute Gasteiger partial charge is 0.508 e. The smallest absolute Gasteiger partial charge is 0.339 e. The van der Waals surface area contributed by atoms with Gasteiger partial charge in [0.1, 0.15) is 5.75 Å². The third kappa shape index (κ3) is 4.61. The standard InChI is InChI=1S/C15H14BrN3O2/c1-10(11-2-8-14(20)9-3-11)18-19-15(21)17-13-6-4-12(16)5-7-13/h2-9,20H,1H3,(H2,17,19,21)/b18-10+. The van der Waals surface area contributed by atoms with E-state index in [9.17, 15) is 9.90 Å². The summed E-state index contributed by atoms with van der Waals surface area (Å²) in [5, 5.41) is 15.9. The van der Waals surface area contributed by atoms with Gasteiger partial charge in [0.2, 0.25) is 0 Å². The highest BCUT2D eigenvalue weighted by Crippen LogP contribution is 2.14. The van der Waals surface area contributed by atoms with E-state index in [0.717, 1.165) is 10.0 Å². The maximum absolute atomic E-state index is 11.7. The molecule has 2 rings (SSSR count). The number of anilines is 1. The Morgan fingerprint density at radius 2 is 1.71 bits per heavy atom. The lowest BCUT2D eigenvalue weighted by Gasteiger charge is -2.05. The summed E-state index contributed by atoms with van der Waals surface area (Å²) in [6, 6.07) is 13.4. The van der Waals surface area contributed by atoms with Crippen LogP contribution in [0.2, 0.25) is 0 Å². The Morgan fingerprint density at radius 1 is 1.10 bits per heavy atom. The Bertz CT molecular complexity index is 652. The van der Waals surface area contributed by atoms with Gasteiger partial charge >= 0.3 is 6.03 Å². The van der Waals surface area contributed by atoms with E-state index in [1.165, 1.54) is 0 Å². The molecule has 0 saturated heterocycles. The molecule has 0 saturated carbocycles. The summed E-state index contributed by atoms with van der Waals surface area (Å²) in [7, 11) is 0. The number of aromatic hydroxyl groups is 1. The van der Waals surface area contributed by atoms with E-state index in [1.807, 2.05) is 12.1 Å². The first-order valence-corrected chi connectivity index (χ1v) is 7.00. The first-order valence-electron chi connectivity index (χ1n) is 6.21. The molecule has 0 aliphatic heterocycles. The lowest BCUT2D eigenvalue weighted by molar-refractivity contribution is 0.252. The van der Waals surface area contributed by atoms with Crippen LogP contribution in [0.1, 0.15) is 12.5 Å². The van der Waals surface area contributed by atoms with Crippen molar-refractivity contribution in [3.8, 4) is 5.75 Å². The summed E-state index contributed by atoms with van der Waals surface area (Å²) >= 11 is 3.32. The Balaban J connectivity index is 1.94. The zero-order chi connectivity index (χ0) is 15.2. The summed E-state index contributed by atoms with van der Waals surface area (Å²) < 4.78 is 0.939. The predicted octanol–water partition coefficient (Wildman–Crippen LogP) is 3.70. The molecule has 0 aliphatic carbocycles. The van der Waals surface area contributed by atoms with E-state index >= 15 is 0 Å². The van der Waals surface area contributed by atoms with Gasteiger partial charge in [0.05, 0.1) is 5.71 Å². The lowest BCUT2D eigenvalue weighted by Crippen LogP contribution is -2.25. The molecule has 2 aromatic rings. The fraction of sp³-hybridized carbons (Fsp3) is 0.0667. The van der Waals surface area contributed by atoms with Crippen LogP contribution < -0.4 is 10.7 Å². The molecule has 0 radical (unpaired) electrons. The van der Waals surface area contributed by atoms with Crippen LogP contribution in [0.15, 0.2) is 58.1 Å². The van der Waals surface area contributed by atoms with Crippen LogP contribution in [0.25, 0.3) is 0 Å². The van der Waals surface area contributed by atoms with E-state index in [1.54, 1.807) is 43.3 Å². The van der Waals surface area contributed by atoms with Crippen molar-refractivity contribution in [1.29, 1.82) is 0 Å². The zero-order valence-corrected chi connectivity index (χ0v) is 12.9. The van der Waals surface area contributed by atoms with Crippen molar-refractivity contribution in [3.63, 3.8) is 0 Å². The number of hydrogen-bond acceptors (Lipinski definition) is 3. The number of nitrogens with one attached hydrogen (secondary N) is 2. The normalized spacial score (nSPS) is 11.0. The number of hydrazone groups is 1. The number of urea groups is 1. The van der Waals surface area contributed by atoms with Crippen LogP contribution in [-0.2, 0) is 0 Å². The lowest BCUT2D eigenvalue weighted by atomic mass is 10.1. The molecule has 21 heavy (non-hydrogen) atoms. The minimum Gasteiger partial charge on any atom is -0.508 e. The molecule has 0 heterocycles. The van der Waals surface area contributed by atoms with Gasteiger partial charge in [-0.25, -0.2) is 10.2 Å². The molecular formula is C15H14BrN3O2. The molecule has 2 amide bonds. The van der Waals surface area contributed by atoms with E-state index in [0.29, 0.717) is 11.4 Å².